The number of thiazole rings is 1. The zero-order chi connectivity index (χ0) is 9.97. The van der Waals surface area contributed by atoms with Gasteiger partial charge in [-0.25, -0.2) is 4.98 Å². The molecule has 2 heterocycles. The zero-order valence-corrected chi connectivity index (χ0v) is 9.43. The smallest absolute Gasteiger partial charge is 0.101 e. The Morgan fingerprint density at radius 2 is 2.50 bits per heavy atom. The van der Waals surface area contributed by atoms with E-state index in [1.807, 2.05) is 14.0 Å². The maximum Gasteiger partial charge on any atom is 0.101 e. The number of aromatic nitrogens is 1. The van der Waals surface area contributed by atoms with Crippen LogP contribution in [0.2, 0.25) is 0 Å². The molecule has 0 spiro atoms. The van der Waals surface area contributed by atoms with Crippen LogP contribution < -0.4 is 5.32 Å². The number of nitrogens with zero attached hydrogens (tertiary/aromatic N) is 1. The lowest BCUT2D eigenvalue weighted by Gasteiger charge is -2.11. The molecule has 78 valence electrons. The van der Waals surface area contributed by atoms with Crippen molar-refractivity contribution in [1.82, 2.24) is 10.3 Å². The average molecular weight is 212 g/mol. The minimum absolute atomic E-state index is 0.235. The van der Waals surface area contributed by atoms with E-state index in [4.69, 9.17) is 4.74 Å². The Morgan fingerprint density at radius 3 is 3.14 bits per heavy atom. The minimum Gasteiger partial charge on any atom is -0.367 e. The fraction of sp³-hybridized carbons (Fsp3) is 0.700. The maximum atomic E-state index is 5.88. The van der Waals surface area contributed by atoms with E-state index in [-0.39, 0.29) is 6.10 Å². The van der Waals surface area contributed by atoms with Crippen LogP contribution in [-0.2, 0) is 4.74 Å². The summed E-state index contributed by atoms with van der Waals surface area (Å²) in [6.45, 7) is 2.98. The van der Waals surface area contributed by atoms with E-state index < -0.39 is 0 Å². The number of rotatable bonds is 3. The summed E-state index contributed by atoms with van der Waals surface area (Å²) in [6, 6.07) is 0. The van der Waals surface area contributed by atoms with Crippen molar-refractivity contribution in [3.8, 4) is 0 Å². The summed E-state index contributed by atoms with van der Waals surface area (Å²) in [5.41, 5.74) is 1.12. The molecule has 1 aromatic rings. The number of nitrogens with one attached hydrogen (secondary N) is 1. The van der Waals surface area contributed by atoms with Crippen molar-refractivity contribution in [3.05, 3.63) is 16.1 Å². The highest BCUT2D eigenvalue weighted by molar-refractivity contribution is 7.09. The van der Waals surface area contributed by atoms with Crippen molar-refractivity contribution in [3.63, 3.8) is 0 Å². The Hall–Kier alpha value is -0.450. The highest BCUT2D eigenvalue weighted by Crippen LogP contribution is 2.32. The number of likely N-dealkylation sites (N-methyl/N-ethyl adjacent to an activating group) is 1. The molecule has 1 aromatic heterocycles. The molecule has 1 fully saturated rings. The molecule has 2 atom stereocenters. The lowest BCUT2D eigenvalue weighted by Crippen LogP contribution is -2.22. The van der Waals surface area contributed by atoms with Gasteiger partial charge in [0.1, 0.15) is 6.10 Å². The highest BCUT2D eigenvalue weighted by atomic mass is 32.1. The number of ether oxygens (including phenoxy) is 1. The summed E-state index contributed by atoms with van der Waals surface area (Å²) >= 11 is 1.70. The van der Waals surface area contributed by atoms with Crippen LogP contribution in [0.4, 0.5) is 0 Å². The first-order valence-corrected chi connectivity index (χ1v) is 5.89. The third kappa shape index (κ3) is 2.13. The zero-order valence-electron chi connectivity index (χ0n) is 8.62. The third-order valence-electron chi connectivity index (χ3n) is 2.51. The van der Waals surface area contributed by atoms with E-state index in [1.165, 1.54) is 0 Å². The summed E-state index contributed by atoms with van der Waals surface area (Å²) in [5, 5.41) is 6.38. The fourth-order valence-electron chi connectivity index (χ4n) is 1.83. The van der Waals surface area contributed by atoms with Crippen molar-refractivity contribution >= 4 is 11.3 Å². The Morgan fingerprint density at radius 1 is 1.64 bits per heavy atom. The van der Waals surface area contributed by atoms with E-state index in [9.17, 15) is 0 Å². The Labute approximate surface area is 88.5 Å². The first-order valence-electron chi connectivity index (χ1n) is 5.01. The van der Waals surface area contributed by atoms with E-state index in [0.717, 1.165) is 30.1 Å². The average Bonchev–Trinajstić information content (AvgIpc) is 2.74. The van der Waals surface area contributed by atoms with Gasteiger partial charge in [0.15, 0.2) is 0 Å². The van der Waals surface area contributed by atoms with Gasteiger partial charge in [-0.2, -0.15) is 0 Å². The normalized spacial score (nSPS) is 27.0. The Balaban J connectivity index is 1.95. The van der Waals surface area contributed by atoms with Crippen LogP contribution in [0.3, 0.4) is 0 Å². The molecule has 14 heavy (non-hydrogen) atoms. The predicted octanol–water partition coefficient (Wildman–Crippen LogP) is 1.89. The van der Waals surface area contributed by atoms with Crippen LogP contribution in [0.15, 0.2) is 5.38 Å². The van der Waals surface area contributed by atoms with Gasteiger partial charge in [0, 0.05) is 11.9 Å². The second-order valence-electron chi connectivity index (χ2n) is 3.67. The molecular formula is C10H16N2OS. The molecule has 0 saturated carbocycles. The van der Waals surface area contributed by atoms with Crippen molar-refractivity contribution in [2.45, 2.75) is 32.0 Å². The molecule has 0 amide bonds. The lowest BCUT2D eigenvalue weighted by atomic mass is 10.1. The fourth-order valence-corrected chi connectivity index (χ4v) is 2.48. The topological polar surface area (TPSA) is 34.2 Å². The standard InChI is InChI=1S/C10H16N2OS/c1-7-12-9(6-14-7)10-4-3-8(13-10)5-11-2/h6,8,10-11H,3-5H2,1-2H3. The predicted molar refractivity (Wildman–Crippen MR) is 57.6 cm³/mol. The molecule has 4 heteroatoms. The molecule has 1 aliphatic rings. The summed E-state index contributed by atoms with van der Waals surface area (Å²) in [6.07, 6.45) is 2.85. The lowest BCUT2D eigenvalue weighted by molar-refractivity contribution is 0.0439. The first kappa shape index (κ1) is 10.1. The molecule has 3 nitrogen and oxygen atoms in total. The molecule has 0 radical (unpaired) electrons. The van der Waals surface area contributed by atoms with Crippen molar-refractivity contribution in [2.24, 2.45) is 0 Å². The van der Waals surface area contributed by atoms with Gasteiger partial charge in [-0.15, -0.1) is 11.3 Å². The largest absolute Gasteiger partial charge is 0.367 e. The second kappa shape index (κ2) is 4.38. The van der Waals surface area contributed by atoms with Gasteiger partial charge in [-0.3, -0.25) is 0 Å². The summed E-state index contributed by atoms with van der Waals surface area (Å²) < 4.78 is 5.88. The van der Waals surface area contributed by atoms with E-state index >= 15 is 0 Å². The van der Waals surface area contributed by atoms with Crippen LogP contribution in [0.5, 0.6) is 0 Å². The van der Waals surface area contributed by atoms with E-state index in [1.54, 1.807) is 11.3 Å². The Bertz CT molecular complexity index is 300. The molecule has 0 aromatic carbocycles. The van der Waals surface area contributed by atoms with Gasteiger partial charge in [-0.05, 0) is 26.8 Å². The molecule has 1 N–H and O–H groups in total. The van der Waals surface area contributed by atoms with E-state index in [2.05, 4.69) is 15.7 Å². The summed E-state index contributed by atoms with van der Waals surface area (Å²) in [7, 11) is 1.96. The van der Waals surface area contributed by atoms with Crippen molar-refractivity contribution in [1.29, 1.82) is 0 Å². The SMILES string of the molecule is CNCC1CCC(c2csc(C)n2)O1. The van der Waals surface area contributed by atoms with Crippen molar-refractivity contribution < 1.29 is 4.74 Å². The van der Waals surface area contributed by atoms with Gasteiger partial charge in [0.2, 0.25) is 0 Å². The van der Waals surface area contributed by atoms with Crippen LogP contribution in [-0.4, -0.2) is 24.7 Å². The molecular weight excluding hydrogens is 196 g/mol. The van der Waals surface area contributed by atoms with Gasteiger partial charge in [-0.1, -0.05) is 0 Å². The highest BCUT2D eigenvalue weighted by Gasteiger charge is 2.27. The summed E-state index contributed by atoms with van der Waals surface area (Å²) in [4.78, 5) is 4.46. The van der Waals surface area contributed by atoms with Gasteiger partial charge < -0.3 is 10.1 Å². The molecule has 0 aliphatic carbocycles. The molecule has 0 bridgehead atoms. The van der Waals surface area contributed by atoms with Crippen LogP contribution in [0, 0.1) is 6.92 Å². The quantitative estimate of drug-likeness (QED) is 0.831. The van der Waals surface area contributed by atoms with E-state index in [0.29, 0.717) is 6.10 Å². The molecule has 2 rings (SSSR count). The molecule has 2 unspecified atom stereocenters. The second-order valence-corrected chi connectivity index (χ2v) is 4.74. The monoisotopic (exact) mass is 212 g/mol. The Kier molecular flexibility index (Phi) is 3.15. The number of hydrogen-bond acceptors (Lipinski definition) is 4. The van der Waals surface area contributed by atoms with Crippen LogP contribution in [0.1, 0.15) is 29.6 Å². The van der Waals surface area contributed by atoms with Gasteiger partial charge >= 0.3 is 0 Å². The first-order chi connectivity index (χ1) is 6.79. The molecule has 1 saturated heterocycles. The van der Waals surface area contributed by atoms with Crippen molar-refractivity contribution in [2.75, 3.05) is 13.6 Å². The van der Waals surface area contributed by atoms with Crippen LogP contribution >= 0.6 is 11.3 Å². The van der Waals surface area contributed by atoms with Crippen LogP contribution in [0.25, 0.3) is 0 Å². The maximum absolute atomic E-state index is 5.88. The third-order valence-corrected chi connectivity index (χ3v) is 3.30. The minimum atomic E-state index is 0.235. The number of hydrogen-bond donors (Lipinski definition) is 1. The molecule has 1 aliphatic heterocycles. The van der Waals surface area contributed by atoms with Gasteiger partial charge in [0.25, 0.3) is 0 Å². The summed E-state index contributed by atoms with van der Waals surface area (Å²) in [5.74, 6) is 0. The number of aryl methyl sites for hydroxylation is 1. The van der Waals surface area contributed by atoms with Gasteiger partial charge in [0.05, 0.1) is 16.8 Å².